The van der Waals surface area contributed by atoms with Crippen molar-refractivity contribution in [3.8, 4) is 17.2 Å². The monoisotopic (exact) mass is 318 g/mol. The van der Waals surface area contributed by atoms with Crippen LogP contribution in [0, 0.1) is 0 Å². The summed E-state index contributed by atoms with van der Waals surface area (Å²) in [4.78, 5) is 11.4. The molecule has 0 unspecified atom stereocenters. The first-order valence-corrected chi connectivity index (χ1v) is 7.35. The van der Waals surface area contributed by atoms with Gasteiger partial charge in [0.05, 0.1) is 13.2 Å². The molecule has 124 valence electrons. The van der Waals surface area contributed by atoms with Crippen molar-refractivity contribution in [2.45, 2.75) is 13.5 Å². The Hall–Kier alpha value is -2.54. The summed E-state index contributed by atoms with van der Waals surface area (Å²) in [5.74, 6) is 1.75. The van der Waals surface area contributed by atoms with E-state index >= 15 is 0 Å². The third-order valence-corrected chi connectivity index (χ3v) is 2.84. The first-order valence-electron chi connectivity index (χ1n) is 7.35. The number of oxazole rings is 1. The van der Waals surface area contributed by atoms with Crippen LogP contribution in [-0.2, 0) is 11.4 Å². The lowest BCUT2D eigenvalue weighted by Gasteiger charge is -2.07. The van der Waals surface area contributed by atoms with E-state index in [4.69, 9.17) is 19.7 Å². The highest BCUT2D eigenvalue weighted by atomic mass is 16.6. The van der Waals surface area contributed by atoms with Crippen LogP contribution in [0.2, 0.25) is 0 Å². The zero-order valence-corrected chi connectivity index (χ0v) is 13.7. The van der Waals surface area contributed by atoms with Gasteiger partial charge in [-0.2, -0.15) is 0 Å². The largest absolute Gasteiger partial charge is 0.494 e. The number of hydrogen-bond acceptors (Lipinski definition) is 6. The van der Waals surface area contributed by atoms with Gasteiger partial charge < -0.3 is 24.6 Å². The first-order chi connectivity index (χ1) is 11.1. The SMILES string of the molecule is CCOc1ccc(-c2nc(CON=C(N)CN(C)C)co2)cc1. The number of ether oxygens (including phenoxy) is 1. The molecule has 2 aromatic rings. The van der Waals surface area contributed by atoms with Crippen LogP contribution in [0.15, 0.2) is 40.1 Å². The van der Waals surface area contributed by atoms with Gasteiger partial charge in [0.15, 0.2) is 12.4 Å². The van der Waals surface area contributed by atoms with Crippen molar-refractivity contribution in [1.82, 2.24) is 9.88 Å². The minimum Gasteiger partial charge on any atom is -0.494 e. The van der Waals surface area contributed by atoms with Crippen molar-refractivity contribution in [2.24, 2.45) is 10.9 Å². The molecule has 0 amide bonds. The first kappa shape index (κ1) is 16.8. The summed E-state index contributed by atoms with van der Waals surface area (Å²) >= 11 is 0. The fraction of sp³-hybridized carbons (Fsp3) is 0.375. The van der Waals surface area contributed by atoms with Gasteiger partial charge in [0, 0.05) is 5.56 Å². The second kappa shape index (κ2) is 8.19. The van der Waals surface area contributed by atoms with Gasteiger partial charge in [0.2, 0.25) is 5.89 Å². The number of nitrogens with zero attached hydrogens (tertiary/aromatic N) is 3. The molecule has 0 saturated heterocycles. The van der Waals surface area contributed by atoms with Crippen LogP contribution in [0.1, 0.15) is 12.6 Å². The van der Waals surface area contributed by atoms with Gasteiger partial charge in [-0.3, -0.25) is 0 Å². The highest BCUT2D eigenvalue weighted by Crippen LogP contribution is 2.22. The van der Waals surface area contributed by atoms with Crippen LogP contribution in [-0.4, -0.2) is 43.0 Å². The van der Waals surface area contributed by atoms with E-state index in [1.165, 1.54) is 0 Å². The summed E-state index contributed by atoms with van der Waals surface area (Å²) in [5, 5.41) is 3.83. The molecular weight excluding hydrogens is 296 g/mol. The minimum absolute atomic E-state index is 0.203. The summed E-state index contributed by atoms with van der Waals surface area (Å²) in [6.07, 6.45) is 1.55. The van der Waals surface area contributed by atoms with E-state index in [1.807, 2.05) is 50.2 Å². The molecule has 0 spiro atoms. The molecule has 1 heterocycles. The molecule has 0 aliphatic rings. The maximum Gasteiger partial charge on any atom is 0.226 e. The molecule has 0 aliphatic carbocycles. The average Bonchev–Trinajstić information content (AvgIpc) is 2.96. The van der Waals surface area contributed by atoms with Gasteiger partial charge in [-0.15, -0.1) is 0 Å². The molecular formula is C16H22N4O3. The highest BCUT2D eigenvalue weighted by Gasteiger charge is 2.07. The summed E-state index contributed by atoms with van der Waals surface area (Å²) in [6, 6.07) is 7.56. The molecule has 7 heteroatoms. The van der Waals surface area contributed by atoms with E-state index in [0.717, 1.165) is 11.3 Å². The maximum atomic E-state index is 5.70. The quantitative estimate of drug-likeness (QED) is 0.456. The summed E-state index contributed by atoms with van der Waals surface area (Å²) in [5.41, 5.74) is 7.22. The van der Waals surface area contributed by atoms with Crippen molar-refractivity contribution >= 4 is 5.84 Å². The summed E-state index contributed by atoms with van der Waals surface area (Å²) in [7, 11) is 3.81. The lowest BCUT2D eigenvalue weighted by molar-refractivity contribution is 0.126. The molecule has 0 saturated carbocycles. The number of nitrogens with two attached hydrogens (primary N) is 1. The Morgan fingerprint density at radius 1 is 1.30 bits per heavy atom. The molecule has 0 fully saturated rings. The molecule has 0 bridgehead atoms. The van der Waals surface area contributed by atoms with E-state index in [-0.39, 0.29) is 6.61 Å². The number of hydrogen-bond donors (Lipinski definition) is 1. The van der Waals surface area contributed by atoms with Crippen LogP contribution in [0.4, 0.5) is 0 Å². The number of aromatic nitrogens is 1. The van der Waals surface area contributed by atoms with Crippen LogP contribution < -0.4 is 10.5 Å². The smallest absolute Gasteiger partial charge is 0.226 e. The molecule has 1 aromatic heterocycles. The van der Waals surface area contributed by atoms with Crippen molar-refractivity contribution in [2.75, 3.05) is 27.2 Å². The van der Waals surface area contributed by atoms with Crippen molar-refractivity contribution in [3.63, 3.8) is 0 Å². The van der Waals surface area contributed by atoms with E-state index in [2.05, 4.69) is 10.1 Å². The zero-order chi connectivity index (χ0) is 16.7. The number of benzene rings is 1. The second-order valence-corrected chi connectivity index (χ2v) is 5.20. The lowest BCUT2D eigenvalue weighted by Crippen LogP contribution is -2.28. The Morgan fingerprint density at radius 2 is 2.04 bits per heavy atom. The lowest BCUT2D eigenvalue weighted by atomic mass is 10.2. The Labute approximate surface area is 135 Å². The Bertz CT molecular complexity index is 635. The zero-order valence-electron chi connectivity index (χ0n) is 13.7. The molecule has 0 aliphatic heterocycles. The third-order valence-electron chi connectivity index (χ3n) is 2.84. The van der Waals surface area contributed by atoms with Crippen molar-refractivity contribution < 1.29 is 14.0 Å². The van der Waals surface area contributed by atoms with Gasteiger partial charge in [-0.1, -0.05) is 5.16 Å². The Kier molecular flexibility index (Phi) is 5.99. The van der Waals surface area contributed by atoms with Crippen molar-refractivity contribution in [3.05, 3.63) is 36.2 Å². The highest BCUT2D eigenvalue weighted by molar-refractivity contribution is 5.81. The van der Waals surface area contributed by atoms with E-state index in [0.29, 0.717) is 30.6 Å². The van der Waals surface area contributed by atoms with Gasteiger partial charge in [-0.25, -0.2) is 4.98 Å². The maximum absolute atomic E-state index is 5.70. The standard InChI is InChI=1S/C16H22N4O3/c1-4-21-14-7-5-12(6-8-14)16-18-13(10-22-16)11-23-19-15(17)9-20(2)3/h5-8,10H,4,9,11H2,1-3H3,(H2,17,19). The fourth-order valence-corrected chi connectivity index (χ4v) is 1.90. The molecule has 0 atom stereocenters. The van der Waals surface area contributed by atoms with Crippen LogP contribution >= 0.6 is 0 Å². The molecule has 23 heavy (non-hydrogen) atoms. The predicted molar refractivity (Wildman–Crippen MR) is 88.1 cm³/mol. The number of oxime groups is 1. The van der Waals surface area contributed by atoms with E-state index in [9.17, 15) is 0 Å². The summed E-state index contributed by atoms with van der Waals surface area (Å²) in [6.45, 7) is 3.32. The normalized spacial score (nSPS) is 11.7. The molecule has 2 N–H and O–H groups in total. The van der Waals surface area contributed by atoms with Crippen LogP contribution in [0.5, 0.6) is 5.75 Å². The van der Waals surface area contributed by atoms with E-state index < -0.39 is 0 Å². The Morgan fingerprint density at radius 3 is 2.70 bits per heavy atom. The van der Waals surface area contributed by atoms with Gasteiger partial charge in [0.1, 0.15) is 17.7 Å². The van der Waals surface area contributed by atoms with Crippen molar-refractivity contribution in [1.29, 1.82) is 0 Å². The molecule has 0 radical (unpaired) electrons. The molecule has 1 aromatic carbocycles. The number of likely N-dealkylation sites (N-methyl/N-ethyl adjacent to an activating group) is 1. The van der Waals surface area contributed by atoms with E-state index in [1.54, 1.807) is 6.26 Å². The molecule has 2 rings (SSSR count). The second-order valence-electron chi connectivity index (χ2n) is 5.20. The predicted octanol–water partition coefficient (Wildman–Crippen LogP) is 2.09. The third kappa shape index (κ3) is 5.30. The number of amidine groups is 1. The Balaban J connectivity index is 1.92. The average molecular weight is 318 g/mol. The number of rotatable bonds is 8. The van der Waals surface area contributed by atoms with Crippen LogP contribution in [0.25, 0.3) is 11.5 Å². The summed E-state index contributed by atoms with van der Waals surface area (Å²) < 4.78 is 10.9. The van der Waals surface area contributed by atoms with Gasteiger partial charge >= 0.3 is 0 Å². The van der Waals surface area contributed by atoms with Crippen LogP contribution in [0.3, 0.4) is 0 Å². The fourth-order valence-electron chi connectivity index (χ4n) is 1.90. The molecule has 7 nitrogen and oxygen atoms in total. The topological polar surface area (TPSA) is 86.1 Å². The van der Waals surface area contributed by atoms with Gasteiger partial charge in [0.25, 0.3) is 0 Å². The van der Waals surface area contributed by atoms with Gasteiger partial charge in [-0.05, 0) is 45.3 Å². The minimum atomic E-state index is 0.203.